The molecule has 3 atom stereocenters. The number of furan rings is 1. The van der Waals surface area contributed by atoms with Crippen molar-refractivity contribution in [1.29, 1.82) is 0 Å². The lowest BCUT2D eigenvalue weighted by molar-refractivity contribution is -0.171. The van der Waals surface area contributed by atoms with E-state index in [0.717, 1.165) is 17.9 Å². The third kappa shape index (κ3) is 12.7. The number of rotatable bonds is 23. The quantitative estimate of drug-likeness (QED) is 0.0351. The van der Waals surface area contributed by atoms with E-state index in [-0.39, 0.29) is 47.0 Å². The lowest BCUT2D eigenvalue weighted by Gasteiger charge is -2.31. The van der Waals surface area contributed by atoms with Crippen LogP contribution in [0, 0.1) is 5.92 Å². The van der Waals surface area contributed by atoms with Gasteiger partial charge in [0.15, 0.2) is 12.4 Å². The number of carboxylic acid groups (broad SMARTS) is 3. The molecule has 2 aromatic carbocycles. The van der Waals surface area contributed by atoms with E-state index in [1.165, 1.54) is 42.5 Å². The second-order valence-electron chi connectivity index (χ2n) is 12.0. The largest absolute Gasteiger partial charge is 0.481 e. The molecule has 1 heterocycles. The Morgan fingerprint density at radius 3 is 2.22 bits per heavy atom. The third-order valence-corrected chi connectivity index (χ3v) is 8.15. The van der Waals surface area contributed by atoms with E-state index in [0.29, 0.717) is 19.3 Å². The predicted molar refractivity (Wildman–Crippen MR) is 190 cm³/mol. The first kappa shape index (κ1) is 42.7. The molecule has 0 aliphatic heterocycles. The molecule has 0 saturated heterocycles. The van der Waals surface area contributed by atoms with Crippen LogP contribution >= 0.6 is 0 Å². The highest BCUT2D eigenvalue weighted by Crippen LogP contribution is 2.29. The zero-order chi connectivity index (χ0) is 40.5. The smallest absolute Gasteiger partial charge is 0.363 e. The van der Waals surface area contributed by atoms with Crippen LogP contribution < -0.4 is 20.7 Å². The second kappa shape index (κ2) is 21.1. The van der Waals surface area contributed by atoms with Crippen LogP contribution in [0.25, 0.3) is 11.3 Å². The summed E-state index contributed by atoms with van der Waals surface area (Å²) in [6.07, 6.45) is 2.39. The van der Waals surface area contributed by atoms with Crippen LogP contribution in [0.3, 0.4) is 0 Å². The van der Waals surface area contributed by atoms with Gasteiger partial charge in [-0.2, -0.15) is 5.06 Å². The van der Waals surface area contributed by atoms with Crippen LogP contribution in [0.5, 0.6) is 5.75 Å². The van der Waals surface area contributed by atoms with Crippen LogP contribution in [-0.4, -0.2) is 93.8 Å². The molecular formula is C37H42N4O14. The van der Waals surface area contributed by atoms with Crippen molar-refractivity contribution >= 4 is 48.0 Å². The fourth-order valence-electron chi connectivity index (χ4n) is 5.42. The van der Waals surface area contributed by atoms with Crippen molar-refractivity contribution in [3.05, 3.63) is 77.6 Å². The van der Waals surface area contributed by atoms with E-state index in [9.17, 15) is 43.5 Å². The number of carbonyl (C=O) groups is 8. The Hall–Kier alpha value is -6.72. The number of amides is 4. The van der Waals surface area contributed by atoms with E-state index in [2.05, 4.69) is 16.0 Å². The van der Waals surface area contributed by atoms with Gasteiger partial charge < -0.3 is 45.3 Å². The van der Waals surface area contributed by atoms with Crippen LogP contribution in [0.15, 0.2) is 65.1 Å². The molecule has 0 aliphatic carbocycles. The lowest BCUT2D eigenvalue weighted by Crippen LogP contribution is -2.49. The summed E-state index contributed by atoms with van der Waals surface area (Å²) in [4.78, 5) is 103. The first-order valence-electron chi connectivity index (χ1n) is 17.2. The molecule has 6 N–H and O–H groups in total. The van der Waals surface area contributed by atoms with Gasteiger partial charge in [-0.25, -0.2) is 14.4 Å². The summed E-state index contributed by atoms with van der Waals surface area (Å²) in [6.45, 7) is 2.51. The summed E-state index contributed by atoms with van der Waals surface area (Å²) in [6, 6.07) is 11.9. The van der Waals surface area contributed by atoms with Crippen molar-refractivity contribution in [2.75, 3.05) is 13.3 Å². The van der Waals surface area contributed by atoms with E-state index in [4.69, 9.17) is 24.2 Å². The highest BCUT2D eigenvalue weighted by Gasteiger charge is 2.34. The maximum atomic E-state index is 13.5. The van der Waals surface area contributed by atoms with Gasteiger partial charge in [0.1, 0.15) is 17.6 Å². The molecule has 55 heavy (non-hydrogen) atoms. The number of carboxylic acids is 3. The molecule has 0 aliphatic rings. The Balaban J connectivity index is 1.72. The summed E-state index contributed by atoms with van der Waals surface area (Å²) in [5, 5.41) is 35.4. The first-order valence-corrected chi connectivity index (χ1v) is 17.2. The molecule has 0 saturated carbocycles. The van der Waals surface area contributed by atoms with Crippen LogP contribution in [0.4, 0.5) is 0 Å². The first-order chi connectivity index (χ1) is 26.3. The maximum absolute atomic E-state index is 13.5. The summed E-state index contributed by atoms with van der Waals surface area (Å²) in [5.41, 5.74) is 0.140. The molecule has 4 amide bonds. The van der Waals surface area contributed by atoms with Gasteiger partial charge in [0, 0.05) is 5.56 Å². The number of ether oxygens (including phenoxy) is 1. The molecule has 0 fully saturated rings. The minimum absolute atomic E-state index is 0.0800. The van der Waals surface area contributed by atoms with Gasteiger partial charge in [0.25, 0.3) is 11.8 Å². The van der Waals surface area contributed by atoms with Crippen LogP contribution in [0.1, 0.15) is 83.6 Å². The summed E-state index contributed by atoms with van der Waals surface area (Å²) >= 11 is 0. The number of carbonyl (C=O) groups excluding carboxylic acids is 5. The highest BCUT2D eigenvalue weighted by molar-refractivity contribution is 6.00. The fraction of sp³-hybridized carbons (Fsp3) is 0.351. The minimum Gasteiger partial charge on any atom is -0.481 e. The predicted octanol–water partition coefficient (Wildman–Crippen LogP) is 3.08. The number of aliphatic carboxylic acids is 3. The number of unbranched alkanes of at least 4 members (excludes halogenated alkanes) is 2. The molecule has 18 heteroatoms. The average Bonchev–Trinajstić information content (AvgIpc) is 3.66. The standard InChI is InChI=1S/C37H42N4O14/c1-3-5-7-12-24(27(4-2)41(21-42)55-37(52)22-10-8-6-9-11-22)33(47)38-20-39-35(49)29-16-15-28(54-29)23-13-14-25(30(17-23)53-19-32(45)46)34(48)40-26(36(50)51)18-31(43)44/h6,8-11,13-17,21,24,26-27H,3-5,7,12,18-20H2,1-2H3,(H,38,47)(H,39,49)(H,40,48)(H,43,44)(H,45,46)(H,50,51)/t24-,26+,27-/m1/s1. The molecule has 1 aromatic heterocycles. The second-order valence-corrected chi connectivity index (χ2v) is 12.0. The average molecular weight is 767 g/mol. The number of nitrogens with zero attached hydrogens (tertiary/aromatic N) is 1. The molecule has 3 aromatic rings. The van der Waals surface area contributed by atoms with Gasteiger partial charge in [-0.1, -0.05) is 57.4 Å². The van der Waals surface area contributed by atoms with E-state index < -0.39 is 72.6 Å². The number of hydrogen-bond donors (Lipinski definition) is 6. The molecule has 0 bridgehead atoms. The number of benzene rings is 2. The van der Waals surface area contributed by atoms with E-state index >= 15 is 0 Å². The number of hydroxylamine groups is 2. The van der Waals surface area contributed by atoms with Gasteiger partial charge in [0.2, 0.25) is 12.3 Å². The molecule has 18 nitrogen and oxygen atoms in total. The minimum atomic E-state index is -1.79. The van der Waals surface area contributed by atoms with Crippen molar-refractivity contribution in [2.45, 2.75) is 64.5 Å². The summed E-state index contributed by atoms with van der Waals surface area (Å²) in [5.74, 6) is -8.74. The third-order valence-electron chi connectivity index (χ3n) is 8.15. The zero-order valence-corrected chi connectivity index (χ0v) is 30.0. The Bertz CT molecular complexity index is 1840. The molecule has 0 radical (unpaired) electrons. The maximum Gasteiger partial charge on any atom is 0.363 e. The van der Waals surface area contributed by atoms with E-state index in [1.54, 1.807) is 25.1 Å². The van der Waals surface area contributed by atoms with Crippen molar-refractivity contribution < 1.29 is 67.7 Å². The Kier molecular flexibility index (Phi) is 16.4. The van der Waals surface area contributed by atoms with Gasteiger partial charge in [-0.05, 0) is 49.2 Å². The SMILES string of the molecule is CCCCC[C@@H](C(=O)NCNC(=O)c1ccc(-c2ccc(C(=O)N[C@@H](CC(=O)O)C(=O)O)c(OCC(=O)O)c2)o1)[C@@H](CC)N(C=O)OC(=O)c1ccccc1. The summed E-state index contributed by atoms with van der Waals surface area (Å²) < 4.78 is 10.9. The molecule has 294 valence electrons. The normalized spacial score (nSPS) is 12.3. The zero-order valence-electron chi connectivity index (χ0n) is 30.0. The topological polar surface area (TPSA) is 268 Å². The summed E-state index contributed by atoms with van der Waals surface area (Å²) in [7, 11) is 0. The highest BCUT2D eigenvalue weighted by atomic mass is 16.7. The Labute approximate surface area is 314 Å². The molecular weight excluding hydrogens is 724 g/mol. The van der Waals surface area contributed by atoms with E-state index in [1.807, 2.05) is 6.92 Å². The molecule has 0 spiro atoms. The monoisotopic (exact) mass is 766 g/mol. The van der Waals surface area contributed by atoms with Gasteiger partial charge in [-0.3, -0.25) is 24.0 Å². The fourth-order valence-corrected chi connectivity index (χ4v) is 5.42. The van der Waals surface area contributed by atoms with Crippen molar-refractivity contribution in [2.24, 2.45) is 5.92 Å². The van der Waals surface area contributed by atoms with Crippen LogP contribution in [-0.2, 0) is 28.8 Å². The van der Waals surface area contributed by atoms with Gasteiger partial charge in [0.05, 0.1) is 36.2 Å². The lowest BCUT2D eigenvalue weighted by atomic mass is 9.90. The van der Waals surface area contributed by atoms with Crippen molar-refractivity contribution in [1.82, 2.24) is 21.0 Å². The molecule has 3 rings (SSSR count). The Morgan fingerprint density at radius 1 is 0.873 bits per heavy atom. The molecule has 0 unspecified atom stereocenters. The number of nitrogens with one attached hydrogen (secondary N) is 3. The van der Waals surface area contributed by atoms with Gasteiger partial charge in [-0.15, -0.1) is 0 Å². The Morgan fingerprint density at radius 2 is 1.60 bits per heavy atom. The van der Waals surface area contributed by atoms with Gasteiger partial charge >= 0.3 is 23.9 Å². The van der Waals surface area contributed by atoms with Crippen LogP contribution in [0.2, 0.25) is 0 Å². The number of hydrogen-bond acceptors (Lipinski definition) is 11. The van der Waals surface area contributed by atoms with Crippen molar-refractivity contribution in [3.63, 3.8) is 0 Å². The van der Waals surface area contributed by atoms with Crippen molar-refractivity contribution in [3.8, 4) is 17.1 Å².